The summed E-state index contributed by atoms with van der Waals surface area (Å²) >= 11 is 0. The van der Waals surface area contributed by atoms with Gasteiger partial charge >= 0.3 is 0 Å². The largest absolute Gasteiger partial charge is 0.496 e. The zero-order chi connectivity index (χ0) is 16.4. The van der Waals surface area contributed by atoms with Crippen molar-refractivity contribution in [3.05, 3.63) is 29.8 Å². The summed E-state index contributed by atoms with van der Waals surface area (Å²) in [6.45, 7) is 5.72. The molecule has 0 spiro atoms. The Morgan fingerprint density at radius 3 is 2.65 bits per heavy atom. The minimum absolute atomic E-state index is 0.106. The molecule has 1 aromatic rings. The Hall–Kier alpha value is -1.59. The third-order valence-corrected chi connectivity index (χ3v) is 4.85. The first-order chi connectivity index (χ1) is 11.1. The molecule has 1 heterocycles. The zero-order valence-corrected chi connectivity index (χ0v) is 13.9. The number of benzene rings is 1. The molecule has 126 valence electrons. The summed E-state index contributed by atoms with van der Waals surface area (Å²) in [6.07, 6.45) is 0.614. The van der Waals surface area contributed by atoms with Crippen LogP contribution in [0.15, 0.2) is 24.3 Å². The highest BCUT2D eigenvalue weighted by Crippen LogP contribution is 2.51. The molecule has 3 atom stereocenters. The standard InChI is InChI=1S/C18H26N2O3/c1-13(21)12-19-7-9-20(10-8-19)18(22)16-11-15(16)14-5-3-4-6-17(14)23-2/h3-6,13,15-16,21H,7-12H2,1-2H3/t13-,15+,16-/m1/s1. The van der Waals surface area contributed by atoms with Gasteiger partial charge in [0.25, 0.3) is 0 Å². The molecule has 1 saturated carbocycles. The fourth-order valence-corrected chi connectivity index (χ4v) is 3.54. The zero-order valence-electron chi connectivity index (χ0n) is 13.9. The van der Waals surface area contributed by atoms with Crippen molar-refractivity contribution in [2.75, 3.05) is 39.8 Å². The van der Waals surface area contributed by atoms with Crippen LogP contribution in [0.4, 0.5) is 0 Å². The van der Waals surface area contributed by atoms with Crippen LogP contribution in [0.5, 0.6) is 5.75 Å². The van der Waals surface area contributed by atoms with E-state index in [0.29, 0.717) is 12.5 Å². The van der Waals surface area contributed by atoms with Crippen LogP contribution in [0.2, 0.25) is 0 Å². The molecule has 1 N–H and O–H groups in total. The molecule has 1 aliphatic carbocycles. The first kappa shape index (κ1) is 16.3. The number of β-amino-alcohol motifs (C(OH)–C–C–N with tert-alkyl or cyclic N) is 1. The second kappa shape index (κ2) is 6.89. The van der Waals surface area contributed by atoms with E-state index >= 15 is 0 Å². The van der Waals surface area contributed by atoms with Gasteiger partial charge in [0.1, 0.15) is 5.75 Å². The van der Waals surface area contributed by atoms with Crippen LogP contribution in [-0.2, 0) is 4.79 Å². The predicted octanol–water partition coefficient (Wildman–Crippen LogP) is 1.32. The third kappa shape index (κ3) is 3.67. The predicted molar refractivity (Wildman–Crippen MR) is 88.5 cm³/mol. The average molecular weight is 318 g/mol. The molecule has 0 unspecified atom stereocenters. The van der Waals surface area contributed by atoms with Crippen LogP contribution < -0.4 is 4.74 Å². The van der Waals surface area contributed by atoms with Crippen molar-refractivity contribution in [3.8, 4) is 5.75 Å². The van der Waals surface area contributed by atoms with Crippen molar-refractivity contribution in [1.82, 2.24) is 9.80 Å². The van der Waals surface area contributed by atoms with E-state index in [1.807, 2.05) is 23.1 Å². The fourth-order valence-electron chi connectivity index (χ4n) is 3.54. The number of para-hydroxylation sites is 1. The number of aliphatic hydroxyl groups is 1. The van der Waals surface area contributed by atoms with Crippen molar-refractivity contribution in [2.45, 2.75) is 25.4 Å². The number of amides is 1. The van der Waals surface area contributed by atoms with Gasteiger partial charge in [0, 0.05) is 38.6 Å². The fraction of sp³-hybridized carbons (Fsp3) is 0.611. The van der Waals surface area contributed by atoms with Gasteiger partial charge in [-0.3, -0.25) is 9.69 Å². The highest BCUT2D eigenvalue weighted by atomic mass is 16.5. The van der Waals surface area contributed by atoms with Gasteiger partial charge in [0.05, 0.1) is 13.2 Å². The monoisotopic (exact) mass is 318 g/mol. The maximum atomic E-state index is 12.7. The van der Waals surface area contributed by atoms with E-state index in [9.17, 15) is 9.90 Å². The molecule has 0 radical (unpaired) electrons. The van der Waals surface area contributed by atoms with E-state index in [2.05, 4.69) is 11.0 Å². The van der Waals surface area contributed by atoms with E-state index in [0.717, 1.165) is 43.9 Å². The van der Waals surface area contributed by atoms with Gasteiger partial charge in [-0.1, -0.05) is 18.2 Å². The smallest absolute Gasteiger partial charge is 0.226 e. The number of nitrogens with zero attached hydrogens (tertiary/aromatic N) is 2. The molecule has 1 aromatic carbocycles. The Morgan fingerprint density at radius 1 is 1.30 bits per heavy atom. The summed E-state index contributed by atoms with van der Waals surface area (Å²) in [7, 11) is 1.68. The van der Waals surface area contributed by atoms with Crippen molar-refractivity contribution >= 4 is 5.91 Å². The van der Waals surface area contributed by atoms with Crippen LogP contribution >= 0.6 is 0 Å². The Bertz CT molecular complexity index is 553. The highest BCUT2D eigenvalue weighted by Gasteiger charge is 2.47. The molecule has 5 nitrogen and oxygen atoms in total. The molecule has 23 heavy (non-hydrogen) atoms. The van der Waals surface area contributed by atoms with Crippen LogP contribution in [0.25, 0.3) is 0 Å². The lowest BCUT2D eigenvalue weighted by Crippen LogP contribution is -2.50. The number of piperazine rings is 1. The lowest BCUT2D eigenvalue weighted by Gasteiger charge is -2.35. The first-order valence-electron chi connectivity index (χ1n) is 8.42. The number of aliphatic hydroxyl groups excluding tert-OH is 1. The van der Waals surface area contributed by atoms with Gasteiger partial charge in [0.2, 0.25) is 5.91 Å². The molecular weight excluding hydrogens is 292 g/mol. The molecule has 5 heteroatoms. The van der Waals surface area contributed by atoms with Gasteiger partial charge < -0.3 is 14.7 Å². The molecule has 0 aromatic heterocycles. The lowest BCUT2D eigenvalue weighted by atomic mass is 10.1. The maximum Gasteiger partial charge on any atom is 0.226 e. The van der Waals surface area contributed by atoms with E-state index in [4.69, 9.17) is 4.74 Å². The van der Waals surface area contributed by atoms with Crippen LogP contribution in [0.1, 0.15) is 24.8 Å². The lowest BCUT2D eigenvalue weighted by molar-refractivity contribution is -0.134. The Kier molecular flexibility index (Phi) is 4.87. The molecule has 2 aliphatic rings. The molecule has 0 bridgehead atoms. The normalized spacial score (nSPS) is 26.0. The van der Waals surface area contributed by atoms with Crippen molar-refractivity contribution in [2.24, 2.45) is 5.92 Å². The molecule has 2 fully saturated rings. The second-order valence-electron chi connectivity index (χ2n) is 6.67. The van der Waals surface area contributed by atoms with Crippen molar-refractivity contribution in [1.29, 1.82) is 0 Å². The summed E-state index contributed by atoms with van der Waals surface area (Å²) < 4.78 is 5.42. The van der Waals surface area contributed by atoms with Crippen LogP contribution in [0, 0.1) is 5.92 Å². The minimum Gasteiger partial charge on any atom is -0.496 e. The first-order valence-corrected chi connectivity index (χ1v) is 8.42. The van der Waals surface area contributed by atoms with Crippen molar-refractivity contribution < 1.29 is 14.6 Å². The topological polar surface area (TPSA) is 53.0 Å². The number of ether oxygens (including phenoxy) is 1. The summed E-state index contributed by atoms with van der Waals surface area (Å²) in [4.78, 5) is 16.9. The Balaban J connectivity index is 1.55. The number of methoxy groups -OCH3 is 1. The van der Waals surface area contributed by atoms with Crippen LogP contribution in [0.3, 0.4) is 0 Å². The van der Waals surface area contributed by atoms with E-state index in [1.54, 1.807) is 14.0 Å². The number of hydrogen-bond acceptors (Lipinski definition) is 4. The van der Waals surface area contributed by atoms with Crippen molar-refractivity contribution in [3.63, 3.8) is 0 Å². The average Bonchev–Trinajstić information content (AvgIpc) is 3.35. The number of rotatable bonds is 5. The quantitative estimate of drug-likeness (QED) is 0.890. The van der Waals surface area contributed by atoms with E-state index in [-0.39, 0.29) is 17.9 Å². The Labute approximate surface area is 137 Å². The second-order valence-corrected chi connectivity index (χ2v) is 6.67. The number of carbonyl (C=O) groups is 1. The molecule has 3 rings (SSSR count). The van der Waals surface area contributed by atoms with Gasteiger partial charge in [-0.25, -0.2) is 0 Å². The third-order valence-electron chi connectivity index (χ3n) is 4.85. The molecular formula is C18H26N2O3. The van der Waals surface area contributed by atoms with E-state index < -0.39 is 0 Å². The van der Waals surface area contributed by atoms with Crippen LogP contribution in [-0.4, -0.2) is 66.8 Å². The molecule has 1 amide bonds. The SMILES string of the molecule is COc1ccccc1[C@@H]1C[C@H]1C(=O)N1CCN(C[C@@H](C)O)CC1. The number of hydrogen-bond donors (Lipinski definition) is 1. The number of carbonyl (C=O) groups excluding carboxylic acids is 1. The Morgan fingerprint density at radius 2 is 2.00 bits per heavy atom. The van der Waals surface area contributed by atoms with Gasteiger partial charge in [0.15, 0.2) is 0 Å². The van der Waals surface area contributed by atoms with E-state index in [1.165, 1.54) is 0 Å². The summed E-state index contributed by atoms with van der Waals surface area (Å²) in [6, 6.07) is 8.00. The van der Waals surface area contributed by atoms with Gasteiger partial charge in [-0.15, -0.1) is 0 Å². The molecule has 1 saturated heterocycles. The minimum atomic E-state index is -0.310. The summed E-state index contributed by atoms with van der Waals surface area (Å²) in [5, 5.41) is 9.45. The summed E-state index contributed by atoms with van der Waals surface area (Å²) in [5.74, 6) is 1.57. The highest BCUT2D eigenvalue weighted by molar-refractivity contribution is 5.83. The summed E-state index contributed by atoms with van der Waals surface area (Å²) in [5.41, 5.74) is 1.15. The van der Waals surface area contributed by atoms with Gasteiger partial charge in [-0.2, -0.15) is 0 Å². The van der Waals surface area contributed by atoms with Gasteiger partial charge in [-0.05, 0) is 30.9 Å². The molecule has 1 aliphatic heterocycles. The maximum absolute atomic E-state index is 12.7.